The van der Waals surface area contributed by atoms with Crippen molar-refractivity contribution in [1.29, 1.82) is 0 Å². The van der Waals surface area contributed by atoms with Crippen molar-refractivity contribution in [3.05, 3.63) is 12.7 Å². The van der Waals surface area contributed by atoms with Crippen LogP contribution in [0.2, 0.25) is 0 Å². The van der Waals surface area contributed by atoms with Crippen LogP contribution in [0.1, 0.15) is 0 Å². The topological polar surface area (TPSA) is 52.0 Å². The van der Waals surface area contributed by atoms with Gasteiger partial charge < -0.3 is 11.5 Å². The molecule has 4 N–H and O–H groups in total. The first-order valence-electron chi connectivity index (χ1n) is 1.87. The molecule has 0 aliphatic rings. The molecule has 0 fully saturated rings. The Kier molecular flexibility index (Phi) is 13.5. The molecule has 0 unspecified atom stereocenters. The number of halogens is 1. The number of nitrogens with two attached hydrogens (primary N) is 2. The zero-order chi connectivity index (χ0) is 6.99. The van der Waals surface area contributed by atoms with Crippen LogP contribution in [0.4, 0.5) is 0 Å². The second-order valence-electron chi connectivity index (χ2n) is 0.845. The van der Waals surface area contributed by atoms with Crippen molar-refractivity contribution >= 4 is 33.3 Å². The molecule has 0 heterocycles. The summed E-state index contributed by atoms with van der Waals surface area (Å²) < 4.78 is 0. The van der Waals surface area contributed by atoms with Gasteiger partial charge in [-0.05, 0) is 12.2 Å². The highest BCUT2D eigenvalue weighted by atomic mass is 79.9. The van der Waals surface area contributed by atoms with E-state index < -0.39 is 0 Å². The largest absolute Gasteiger partial charge is 0.377 e. The normalized spacial score (nSPS) is 6.12. The first-order chi connectivity index (χ1) is 3.65. The van der Waals surface area contributed by atoms with Crippen molar-refractivity contribution in [2.45, 2.75) is 0 Å². The molecule has 0 saturated carbocycles. The van der Waals surface area contributed by atoms with Gasteiger partial charge in [-0.1, -0.05) is 22.0 Å². The van der Waals surface area contributed by atoms with E-state index in [1.165, 1.54) is 0 Å². The van der Waals surface area contributed by atoms with E-state index >= 15 is 0 Å². The van der Waals surface area contributed by atoms with Crippen LogP contribution in [0.5, 0.6) is 0 Å². The maximum absolute atomic E-state index is 4.62. The van der Waals surface area contributed by atoms with Gasteiger partial charge in [0.15, 0.2) is 5.11 Å². The lowest BCUT2D eigenvalue weighted by Gasteiger charge is -1.68. The molecule has 0 aliphatic heterocycles. The molecule has 0 aromatic carbocycles. The molecular weight excluding hydrogens is 188 g/mol. The zero-order valence-corrected chi connectivity index (χ0v) is 6.83. The Balaban J connectivity index is 0. The number of rotatable bonds is 1. The van der Waals surface area contributed by atoms with Crippen molar-refractivity contribution in [2.75, 3.05) is 5.33 Å². The van der Waals surface area contributed by atoms with Crippen LogP contribution in [-0.4, -0.2) is 10.4 Å². The molecule has 4 heteroatoms. The zero-order valence-electron chi connectivity index (χ0n) is 4.43. The van der Waals surface area contributed by atoms with Gasteiger partial charge in [-0.3, -0.25) is 0 Å². The van der Waals surface area contributed by atoms with Crippen LogP contribution in [0.15, 0.2) is 12.7 Å². The van der Waals surface area contributed by atoms with Gasteiger partial charge in [0.25, 0.3) is 0 Å². The van der Waals surface area contributed by atoms with E-state index in [0.717, 1.165) is 5.33 Å². The lowest BCUT2D eigenvalue weighted by Crippen LogP contribution is -2.18. The van der Waals surface area contributed by atoms with E-state index in [2.05, 4.69) is 46.2 Å². The van der Waals surface area contributed by atoms with Crippen LogP contribution >= 0.6 is 28.1 Å². The van der Waals surface area contributed by atoms with E-state index in [1.54, 1.807) is 6.08 Å². The summed E-state index contributed by atoms with van der Waals surface area (Å²) in [4.78, 5) is 0. The third kappa shape index (κ3) is 172. The van der Waals surface area contributed by atoms with E-state index in [0.29, 0.717) is 0 Å². The van der Waals surface area contributed by atoms with Gasteiger partial charge in [0.1, 0.15) is 0 Å². The Morgan fingerprint density at radius 3 is 1.88 bits per heavy atom. The number of thiocarbonyl (C=S) groups is 1. The molecule has 0 spiro atoms. The van der Waals surface area contributed by atoms with E-state index in [-0.39, 0.29) is 5.11 Å². The summed E-state index contributed by atoms with van der Waals surface area (Å²) in [5.74, 6) is 0. The summed E-state index contributed by atoms with van der Waals surface area (Å²) in [6.07, 6.45) is 1.79. The molecule has 0 aliphatic carbocycles. The summed E-state index contributed by atoms with van der Waals surface area (Å²) in [6.45, 7) is 3.43. The van der Waals surface area contributed by atoms with Crippen molar-refractivity contribution in [3.8, 4) is 0 Å². The summed E-state index contributed by atoms with van der Waals surface area (Å²) in [7, 11) is 0. The number of allylic oxidation sites excluding steroid dienone is 1. The van der Waals surface area contributed by atoms with Crippen LogP contribution in [0, 0.1) is 0 Å². The lowest BCUT2D eigenvalue weighted by molar-refractivity contribution is 1.65. The van der Waals surface area contributed by atoms with Crippen LogP contribution in [0.3, 0.4) is 0 Å². The average Bonchev–Trinajstić information content (AvgIpc) is 1.65. The Hall–Kier alpha value is -0.0900. The molecule has 0 saturated heterocycles. The van der Waals surface area contributed by atoms with Gasteiger partial charge in [-0.2, -0.15) is 0 Å². The van der Waals surface area contributed by atoms with Gasteiger partial charge in [-0.25, -0.2) is 0 Å². The Morgan fingerprint density at radius 2 is 1.88 bits per heavy atom. The van der Waals surface area contributed by atoms with Gasteiger partial charge in [0.05, 0.1) is 0 Å². The molecule has 0 bridgehead atoms. The Labute approximate surface area is 63.1 Å². The van der Waals surface area contributed by atoms with Crippen molar-refractivity contribution < 1.29 is 0 Å². The minimum atomic E-state index is 0.000000000000000222. The standard InChI is InChI=1S/C3H5Br.CH4N2S/c1-2-3-4;2-1(3)4/h2H,1,3H2;(H4,2,3,4). The highest BCUT2D eigenvalue weighted by Gasteiger charge is 1.53. The van der Waals surface area contributed by atoms with E-state index in [1.807, 2.05) is 0 Å². The first-order valence-corrected chi connectivity index (χ1v) is 3.39. The molecule has 0 rings (SSSR count). The SMILES string of the molecule is C=CCBr.NC(N)=S. The quantitative estimate of drug-likeness (QED) is 0.370. The summed E-state index contributed by atoms with van der Waals surface area (Å²) in [5, 5.41) is 0.896. The van der Waals surface area contributed by atoms with Gasteiger partial charge in [0, 0.05) is 5.33 Å². The molecule has 48 valence electrons. The summed E-state index contributed by atoms with van der Waals surface area (Å²) >= 11 is 7.22. The molecule has 8 heavy (non-hydrogen) atoms. The Morgan fingerprint density at radius 1 is 1.75 bits per heavy atom. The first kappa shape index (κ1) is 10.8. The van der Waals surface area contributed by atoms with Crippen LogP contribution < -0.4 is 11.5 Å². The molecule has 0 atom stereocenters. The minimum Gasteiger partial charge on any atom is -0.377 e. The third-order valence-corrected chi connectivity index (χ3v) is 0.567. The summed E-state index contributed by atoms with van der Waals surface area (Å²) in [6, 6.07) is 0. The molecular formula is C4H9BrN2S. The number of hydrogen-bond acceptors (Lipinski definition) is 1. The summed E-state index contributed by atoms with van der Waals surface area (Å²) in [5.41, 5.74) is 9.24. The average molecular weight is 197 g/mol. The molecule has 0 aromatic rings. The van der Waals surface area contributed by atoms with Crippen LogP contribution in [0.25, 0.3) is 0 Å². The number of alkyl halides is 1. The van der Waals surface area contributed by atoms with Gasteiger partial charge in [0.2, 0.25) is 0 Å². The predicted molar refractivity (Wildman–Crippen MR) is 45.0 cm³/mol. The highest BCUT2D eigenvalue weighted by Crippen LogP contribution is 1.73. The Bertz CT molecular complexity index is 70.4. The van der Waals surface area contributed by atoms with Crippen molar-refractivity contribution in [3.63, 3.8) is 0 Å². The third-order valence-electron chi connectivity index (χ3n) is 0.109. The molecule has 0 amide bonds. The second-order valence-corrected chi connectivity index (χ2v) is 1.96. The van der Waals surface area contributed by atoms with Gasteiger partial charge in [-0.15, -0.1) is 6.58 Å². The fraction of sp³-hybridized carbons (Fsp3) is 0.250. The van der Waals surface area contributed by atoms with Crippen molar-refractivity contribution in [1.82, 2.24) is 0 Å². The van der Waals surface area contributed by atoms with E-state index in [4.69, 9.17) is 0 Å². The van der Waals surface area contributed by atoms with Crippen molar-refractivity contribution in [2.24, 2.45) is 11.5 Å². The molecule has 0 radical (unpaired) electrons. The number of hydrogen-bond donors (Lipinski definition) is 2. The van der Waals surface area contributed by atoms with E-state index in [9.17, 15) is 0 Å². The molecule has 0 aromatic heterocycles. The fourth-order valence-corrected chi connectivity index (χ4v) is 0. The molecule has 2 nitrogen and oxygen atoms in total. The smallest absolute Gasteiger partial charge is 0.160 e. The van der Waals surface area contributed by atoms with Crippen LogP contribution in [-0.2, 0) is 0 Å². The van der Waals surface area contributed by atoms with Gasteiger partial charge >= 0.3 is 0 Å². The highest BCUT2D eigenvalue weighted by molar-refractivity contribution is 9.09. The maximum Gasteiger partial charge on any atom is 0.160 e. The minimum absolute atomic E-state index is 0.000000000000000222. The fourth-order valence-electron chi connectivity index (χ4n) is 0. The predicted octanol–water partition coefficient (Wildman–Crippen LogP) is 0.756. The monoisotopic (exact) mass is 196 g/mol. The lowest BCUT2D eigenvalue weighted by atomic mass is 10.8. The maximum atomic E-state index is 4.62. The second kappa shape index (κ2) is 10.0.